The van der Waals surface area contributed by atoms with Crippen LogP contribution in [0.1, 0.15) is 62.6 Å². The van der Waals surface area contributed by atoms with E-state index in [-0.39, 0.29) is 17.5 Å². The van der Waals surface area contributed by atoms with Gasteiger partial charge in [-0.1, -0.05) is 30.3 Å². The molecule has 0 bridgehead atoms. The summed E-state index contributed by atoms with van der Waals surface area (Å²) in [5.74, 6) is -0.236. The Balaban J connectivity index is 1.27. The van der Waals surface area contributed by atoms with Gasteiger partial charge in [0, 0.05) is 48.2 Å². The van der Waals surface area contributed by atoms with Crippen LogP contribution in [-0.4, -0.2) is 64.8 Å². The zero-order valence-corrected chi connectivity index (χ0v) is 26.9. The average Bonchev–Trinajstić information content (AvgIpc) is 3.37. The van der Waals surface area contributed by atoms with Crippen LogP contribution in [0.2, 0.25) is 0 Å². The topological polar surface area (TPSA) is 162 Å². The maximum Gasteiger partial charge on any atom is 0.335 e. The number of likely N-dealkylation sites (tertiary alicyclic amines) is 1. The van der Waals surface area contributed by atoms with Crippen molar-refractivity contribution in [3.05, 3.63) is 105 Å². The van der Waals surface area contributed by atoms with Crippen molar-refractivity contribution < 1.29 is 14.6 Å². The predicted molar refractivity (Wildman–Crippen MR) is 179 cm³/mol. The van der Waals surface area contributed by atoms with Crippen LogP contribution in [0.3, 0.4) is 0 Å². The Kier molecular flexibility index (Phi) is 8.30. The van der Waals surface area contributed by atoms with Crippen molar-refractivity contribution >= 4 is 22.9 Å². The Morgan fingerprint density at radius 1 is 1.06 bits per heavy atom. The number of rotatable bonds is 8. The Labute approximate surface area is 270 Å². The highest BCUT2D eigenvalue weighted by molar-refractivity contribution is 6.04. The van der Waals surface area contributed by atoms with E-state index in [1.54, 1.807) is 47.0 Å². The van der Waals surface area contributed by atoms with Gasteiger partial charge >= 0.3 is 5.69 Å². The first-order chi connectivity index (χ1) is 22.3. The summed E-state index contributed by atoms with van der Waals surface area (Å²) in [5, 5.41) is 17.8. The van der Waals surface area contributed by atoms with Crippen LogP contribution < -0.4 is 22.3 Å². The lowest BCUT2D eigenvalue weighted by molar-refractivity contribution is -0.255. The molecule has 1 amide bonds. The maximum absolute atomic E-state index is 13.4. The highest BCUT2D eigenvalue weighted by Crippen LogP contribution is 2.37. The fourth-order valence-electron chi connectivity index (χ4n) is 5.71. The lowest BCUT2D eigenvalue weighted by Gasteiger charge is -2.43. The van der Waals surface area contributed by atoms with E-state index in [0.717, 1.165) is 21.4 Å². The molecule has 1 saturated heterocycles. The van der Waals surface area contributed by atoms with Crippen LogP contribution in [0.25, 0.3) is 22.3 Å². The molecule has 1 aliphatic heterocycles. The molecule has 0 radical (unpaired) electrons. The quantitative estimate of drug-likeness (QED) is 0.216. The normalized spacial score (nSPS) is 14.8. The third-order valence-corrected chi connectivity index (χ3v) is 8.09. The van der Waals surface area contributed by atoms with Gasteiger partial charge in [-0.25, -0.2) is 18.9 Å². The van der Waals surface area contributed by atoms with Gasteiger partial charge in [-0.05, 0) is 70.5 Å². The molecule has 47 heavy (non-hydrogen) atoms. The van der Waals surface area contributed by atoms with Crippen LogP contribution >= 0.6 is 0 Å². The first-order valence-electron chi connectivity index (χ1n) is 15.4. The summed E-state index contributed by atoms with van der Waals surface area (Å²) in [6.45, 7) is 10.5. The number of nitrogens with one attached hydrogen (secondary N) is 1. The number of nitrogen functional groups attached to an aromatic ring is 1. The second-order valence-corrected chi connectivity index (χ2v) is 12.9. The molecule has 1 unspecified atom stereocenters. The minimum absolute atomic E-state index is 0.0800. The van der Waals surface area contributed by atoms with Gasteiger partial charge in [0.1, 0.15) is 17.4 Å². The van der Waals surface area contributed by atoms with Crippen molar-refractivity contribution in [3.8, 4) is 16.8 Å². The number of aliphatic hydroxyl groups excluding tert-OH is 1. The van der Waals surface area contributed by atoms with Crippen molar-refractivity contribution in [2.45, 2.75) is 58.6 Å². The molecule has 5 aromatic rings. The van der Waals surface area contributed by atoms with Gasteiger partial charge in [0.15, 0.2) is 5.82 Å². The van der Waals surface area contributed by atoms with E-state index < -0.39 is 29.2 Å². The molecular formula is C34H38N8O5. The van der Waals surface area contributed by atoms with Crippen molar-refractivity contribution in [1.29, 1.82) is 0 Å². The van der Waals surface area contributed by atoms with Crippen LogP contribution in [0.5, 0.6) is 0 Å². The molecule has 0 spiro atoms. The van der Waals surface area contributed by atoms with Gasteiger partial charge in [-0.3, -0.25) is 19.1 Å². The summed E-state index contributed by atoms with van der Waals surface area (Å²) < 4.78 is 9.86. The van der Waals surface area contributed by atoms with E-state index >= 15 is 0 Å². The minimum atomic E-state index is -1.01. The monoisotopic (exact) mass is 638 g/mol. The number of fused-ring (bicyclic) bond motifs is 1. The molecule has 1 aliphatic rings. The second-order valence-electron chi connectivity index (χ2n) is 12.9. The molecule has 6 rings (SSSR count). The Morgan fingerprint density at radius 2 is 1.74 bits per heavy atom. The Morgan fingerprint density at radius 3 is 2.38 bits per heavy atom. The average molecular weight is 639 g/mol. The molecule has 1 atom stereocenters. The molecule has 4 N–H and O–H groups in total. The summed E-state index contributed by atoms with van der Waals surface area (Å²) in [5.41, 5.74) is 8.51. The van der Waals surface area contributed by atoms with Crippen molar-refractivity contribution in [2.24, 2.45) is 0 Å². The Bertz CT molecular complexity index is 2050. The highest BCUT2D eigenvalue weighted by atomic mass is 16.6. The molecule has 3 aromatic heterocycles. The number of nitrogens with zero attached hydrogens (tertiary/aromatic N) is 6. The molecule has 4 heterocycles. The van der Waals surface area contributed by atoms with E-state index in [2.05, 4.69) is 15.4 Å². The fourth-order valence-corrected chi connectivity index (χ4v) is 5.71. The molecular weight excluding hydrogens is 600 g/mol. The number of ether oxygens (including phenoxy) is 1. The number of benzene rings is 2. The smallest absolute Gasteiger partial charge is 0.335 e. The Hall–Kier alpha value is -5.11. The van der Waals surface area contributed by atoms with Crippen LogP contribution in [0.15, 0.2) is 82.8 Å². The van der Waals surface area contributed by atoms with Gasteiger partial charge in [0.2, 0.25) is 6.41 Å². The number of aromatic nitrogens is 5. The summed E-state index contributed by atoms with van der Waals surface area (Å²) in [4.78, 5) is 46.1. The van der Waals surface area contributed by atoms with Gasteiger partial charge in [-0.15, -0.1) is 0 Å². The number of anilines is 2. The van der Waals surface area contributed by atoms with Gasteiger partial charge in [-0.2, -0.15) is 5.10 Å². The third kappa shape index (κ3) is 6.20. The standard InChI is InChI=1S/C34H38N8O5/c1-20(2)40-18-26(31(44)41(32(40)45)24-9-7-6-8-10-24)30(43)38-23-13-11-21(12-14-23)25-15-27(42-28(25)29(35)36-19-37-42)22-16-39(17-22)33(46)47-34(3,4)5/h6-15,18-20,22,33,46H,16-17H2,1-5H3,(H,38,43)(H2,35,36,37). The van der Waals surface area contributed by atoms with Gasteiger partial charge in [0.05, 0.1) is 11.3 Å². The molecule has 1 fully saturated rings. The SMILES string of the molecule is CC(C)n1cc(C(=O)Nc2ccc(-c3cc(C4CN(C(O)OC(C)(C)C)C4)n4ncnc(N)c34)cc2)c(=O)n(-c2ccccc2)c1=O. The molecule has 13 heteroatoms. The first kappa shape index (κ1) is 31.9. The highest BCUT2D eigenvalue weighted by Gasteiger charge is 2.37. The van der Waals surface area contributed by atoms with Gasteiger partial charge < -0.3 is 20.9 Å². The molecule has 0 saturated carbocycles. The summed E-state index contributed by atoms with van der Waals surface area (Å²) >= 11 is 0. The third-order valence-electron chi connectivity index (χ3n) is 8.09. The van der Waals surface area contributed by atoms with E-state index in [9.17, 15) is 19.5 Å². The molecule has 2 aromatic carbocycles. The number of para-hydroxylation sites is 1. The summed E-state index contributed by atoms with van der Waals surface area (Å²) in [7, 11) is 0. The summed E-state index contributed by atoms with van der Waals surface area (Å²) in [6, 6.07) is 17.4. The number of nitrogens with two attached hydrogens (primary N) is 1. The largest absolute Gasteiger partial charge is 0.382 e. The van der Waals surface area contributed by atoms with Crippen molar-refractivity contribution in [3.63, 3.8) is 0 Å². The van der Waals surface area contributed by atoms with E-state index in [4.69, 9.17) is 10.5 Å². The van der Waals surface area contributed by atoms with Gasteiger partial charge in [0.25, 0.3) is 11.5 Å². The van der Waals surface area contributed by atoms with E-state index in [1.807, 2.05) is 57.7 Å². The number of hydrogen-bond acceptors (Lipinski definition) is 9. The minimum Gasteiger partial charge on any atom is -0.382 e. The maximum atomic E-state index is 13.4. The zero-order chi connectivity index (χ0) is 33.6. The number of hydrogen-bond donors (Lipinski definition) is 3. The fraction of sp³-hybridized carbons (Fsp3) is 0.324. The number of aliphatic hydroxyl groups is 1. The molecule has 0 aliphatic carbocycles. The lowest BCUT2D eigenvalue weighted by atomic mass is 9.96. The van der Waals surface area contributed by atoms with Crippen LogP contribution in [0.4, 0.5) is 11.5 Å². The van der Waals surface area contributed by atoms with E-state index in [0.29, 0.717) is 35.8 Å². The van der Waals surface area contributed by atoms with Crippen molar-refractivity contribution in [1.82, 2.24) is 28.6 Å². The van der Waals surface area contributed by atoms with E-state index in [1.165, 1.54) is 17.1 Å². The van der Waals surface area contributed by atoms with Crippen molar-refractivity contribution in [2.75, 3.05) is 24.1 Å². The molecule has 13 nitrogen and oxygen atoms in total. The zero-order valence-electron chi connectivity index (χ0n) is 26.9. The number of carbonyl (C=O) groups is 1. The number of carbonyl (C=O) groups excluding carboxylic acids is 1. The summed E-state index contributed by atoms with van der Waals surface area (Å²) in [6.07, 6.45) is 1.72. The first-order valence-corrected chi connectivity index (χ1v) is 15.4. The van der Waals surface area contributed by atoms with Crippen LogP contribution in [-0.2, 0) is 4.74 Å². The number of amides is 1. The predicted octanol–water partition coefficient (Wildman–Crippen LogP) is 3.61. The molecule has 244 valence electrons. The second kappa shape index (κ2) is 12.2. The van der Waals surface area contributed by atoms with Crippen LogP contribution in [0, 0.1) is 0 Å². The lowest BCUT2D eigenvalue weighted by Crippen LogP contribution is -2.53.